The maximum atomic E-state index is 12.4. The third-order valence-corrected chi connectivity index (χ3v) is 6.10. The number of aliphatic hydroxyl groups is 1. The number of aromatic amines is 1. The topological polar surface area (TPSA) is 79.8 Å². The number of benzene rings is 2. The van der Waals surface area contributed by atoms with Crippen molar-refractivity contribution in [3.63, 3.8) is 0 Å². The Morgan fingerprint density at radius 2 is 1.90 bits per heavy atom. The second-order valence-corrected chi connectivity index (χ2v) is 8.15. The maximum absolute atomic E-state index is 12.4. The smallest absolute Gasteiger partial charge is 0.204 e. The highest BCUT2D eigenvalue weighted by Crippen LogP contribution is 2.46. The first-order valence-electron chi connectivity index (χ1n) is 9.97. The number of methoxy groups -OCH3 is 2. The fourth-order valence-corrected chi connectivity index (χ4v) is 4.36. The van der Waals surface area contributed by atoms with Gasteiger partial charge >= 0.3 is 0 Å². The van der Waals surface area contributed by atoms with Crippen LogP contribution in [-0.4, -0.2) is 46.9 Å². The number of halogens is 1. The van der Waals surface area contributed by atoms with Gasteiger partial charge in [-0.05, 0) is 42.8 Å². The molecule has 4 rings (SSSR count). The summed E-state index contributed by atoms with van der Waals surface area (Å²) in [4.78, 5) is 9.33. The Bertz CT molecular complexity index is 1010. The molecule has 0 saturated heterocycles. The van der Waals surface area contributed by atoms with Crippen LogP contribution in [0.4, 0.5) is 5.69 Å². The SMILES string of the molecule is COC(OC)C1(C)Oc2ccccc2CC1(O)N(Cc1ncc[nH]1)c1ccc(Cl)cc1. The summed E-state index contributed by atoms with van der Waals surface area (Å²) < 4.78 is 17.7. The van der Waals surface area contributed by atoms with E-state index in [0.29, 0.717) is 23.1 Å². The van der Waals surface area contributed by atoms with E-state index >= 15 is 0 Å². The largest absolute Gasteiger partial charge is 0.477 e. The summed E-state index contributed by atoms with van der Waals surface area (Å²) in [5.74, 6) is 1.37. The Kier molecular flexibility index (Phi) is 5.94. The van der Waals surface area contributed by atoms with E-state index in [2.05, 4.69) is 9.97 Å². The van der Waals surface area contributed by atoms with E-state index in [1.807, 2.05) is 41.3 Å². The van der Waals surface area contributed by atoms with Crippen molar-refractivity contribution < 1.29 is 19.3 Å². The Morgan fingerprint density at radius 3 is 2.55 bits per heavy atom. The number of imidazole rings is 1. The lowest BCUT2D eigenvalue weighted by molar-refractivity contribution is -0.266. The zero-order valence-corrected chi connectivity index (χ0v) is 18.5. The molecule has 2 aromatic carbocycles. The van der Waals surface area contributed by atoms with Gasteiger partial charge in [-0.1, -0.05) is 29.8 Å². The number of hydrogen-bond donors (Lipinski definition) is 2. The Morgan fingerprint density at radius 1 is 1.19 bits per heavy atom. The van der Waals surface area contributed by atoms with Crippen LogP contribution >= 0.6 is 11.6 Å². The molecule has 2 N–H and O–H groups in total. The van der Waals surface area contributed by atoms with E-state index in [-0.39, 0.29) is 6.42 Å². The fourth-order valence-electron chi connectivity index (χ4n) is 4.24. The summed E-state index contributed by atoms with van der Waals surface area (Å²) in [7, 11) is 3.06. The van der Waals surface area contributed by atoms with Gasteiger partial charge in [0, 0.05) is 43.7 Å². The van der Waals surface area contributed by atoms with Gasteiger partial charge in [0.25, 0.3) is 0 Å². The minimum atomic E-state index is -1.56. The Balaban J connectivity index is 1.89. The second-order valence-electron chi connectivity index (χ2n) is 7.71. The molecule has 164 valence electrons. The van der Waals surface area contributed by atoms with Crippen molar-refractivity contribution in [2.75, 3.05) is 19.1 Å². The molecule has 7 nitrogen and oxygen atoms in total. The lowest BCUT2D eigenvalue weighted by atomic mass is 9.80. The molecule has 0 aliphatic carbocycles. The van der Waals surface area contributed by atoms with Crippen LogP contribution in [0.3, 0.4) is 0 Å². The van der Waals surface area contributed by atoms with E-state index in [4.69, 9.17) is 25.8 Å². The molecule has 2 heterocycles. The highest BCUT2D eigenvalue weighted by atomic mass is 35.5. The Labute approximate surface area is 186 Å². The number of fused-ring (bicyclic) bond motifs is 1. The van der Waals surface area contributed by atoms with E-state index in [0.717, 1.165) is 11.3 Å². The normalized spacial score (nSPS) is 22.8. The second kappa shape index (κ2) is 8.51. The average Bonchev–Trinajstić information content (AvgIpc) is 3.28. The molecule has 2 atom stereocenters. The van der Waals surface area contributed by atoms with E-state index in [1.54, 1.807) is 31.5 Å². The molecule has 1 aliphatic rings. The number of rotatable bonds is 7. The predicted octanol–water partition coefficient (Wildman–Crippen LogP) is 3.77. The predicted molar refractivity (Wildman–Crippen MR) is 118 cm³/mol. The monoisotopic (exact) mass is 443 g/mol. The van der Waals surface area contributed by atoms with Gasteiger partial charge < -0.3 is 29.2 Å². The first-order valence-corrected chi connectivity index (χ1v) is 10.4. The molecule has 2 unspecified atom stereocenters. The highest BCUT2D eigenvalue weighted by molar-refractivity contribution is 6.30. The van der Waals surface area contributed by atoms with Crippen molar-refractivity contribution in [1.29, 1.82) is 0 Å². The van der Waals surface area contributed by atoms with Gasteiger partial charge in [-0.3, -0.25) is 0 Å². The lowest BCUT2D eigenvalue weighted by Gasteiger charge is -2.55. The van der Waals surface area contributed by atoms with Crippen molar-refractivity contribution in [2.45, 2.75) is 37.5 Å². The summed E-state index contributed by atoms with van der Waals surface area (Å²) in [5, 5.41) is 13.0. The third-order valence-electron chi connectivity index (χ3n) is 5.85. The number of ether oxygens (including phenoxy) is 3. The van der Waals surface area contributed by atoms with Gasteiger partial charge in [0.2, 0.25) is 11.9 Å². The molecule has 0 radical (unpaired) electrons. The maximum Gasteiger partial charge on any atom is 0.204 e. The number of anilines is 1. The Hall–Kier alpha value is -2.58. The third kappa shape index (κ3) is 3.78. The summed E-state index contributed by atoms with van der Waals surface area (Å²) in [6.45, 7) is 2.10. The van der Waals surface area contributed by atoms with Gasteiger partial charge in [-0.25, -0.2) is 4.98 Å². The number of nitrogens with zero attached hydrogens (tertiary/aromatic N) is 2. The summed E-state index contributed by atoms with van der Waals surface area (Å²) in [5.41, 5.74) is -1.20. The van der Waals surface area contributed by atoms with Crippen molar-refractivity contribution in [2.24, 2.45) is 0 Å². The van der Waals surface area contributed by atoms with Crippen molar-refractivity contribution >= 4 is 17.3 Å². The van der Waals surface area contributed by atoms with Gasteiger partial charge in [0.15, 0.2) is 5.72 Å². The minimum Gasteiger partial charge on any atom is -0.477 e. The quantitative estimate of drug-likeness (QED) is 0.541. The minimum absolute atomic E-state index is 0.284. The van der Waals surface area contributed by atoms with Crippen LogP contribution in [0.1, 0.15) is 18.3 Å². The van der Waals surface area contributed by atoms with E-state index in [9.17, 15) is 5.11 Å². The standard InChI is InChI=1S/C23H26ClN3O4/c1-22(21(29-2)30-3)23(28,14-16-6-4-5-7-19(16)31-22)27(15-20-25-12-13-26-20)18-10-8-17(24)9-11-18/h4-13,21,28H,14-15H2,1-3H3,(H,25,26). The molecular formula is C23H26ClN3O4. The van der Waals surface area contributed by atoms with Gasteiger partial charge in [-0.2, -0.15) is 0 Å². The van der Waals surface area contributed by atoms with Crippen LogP contribution in [0.2, 0.25) is 5.02 Å². The summed E-state index contributed by atoms with van der Waals surface area (Å²) >= 11 is 6.13. The van der Waals surface area contributed by atoms with Crippen molar-refractivity contribution in [3.8, 4) is 5.75 Å². The van der Waals surface area contributed by atoms with Crippen LogP contribution in [0.5, 0.6) is 5.75 Å². The number of para-hydroxylation sites is 1. The van der Waals surface area contributed by atoms with Crippen molar-refractivity contribution in [1.82, 2.24) is 9.97 Å². The first-order chi connectivity index (χ1) is 14.9. The lowest BCUT2D eigenvalue weighted by Crippen LogP contribution is -2.73. The van der Waals surface area contributed by atoms with Crippen molar-refractivity contribution in [3.05, 3.63) is 77.3 Å². The zero-order valence-electron chi connectivity index (χ0n) is 17.7. The molecule has 1 aromatic heterocycles. The van der Waals surface area contributed by atoms with Gasteiger partial charge in [-0.15, -0.1) is 0 Å². The molecular weight excluding hydrogens is 418 g/mol. The number of H-pyrrole nitrogens is 1. The van der Waals surface area contributed by atoms with Crippen LogP contribution in [0.25, 0.3) is 0 Å². The number of hydrogen-bond acceptors (Lipinski definition) is 6. The number of aromatic nitrogens is 2. The zero-order chi connectivity index (χ0) is 22.1. The number of nitrogens with one attached hydrogen (secondary N) is 1. The van der Waals surface area contributed by atoms with Gasteiger partial charge in [0.1, 0.15) is 11.6 Å². The molecule has 3 aromatic rings. The van der Waals surface area contributed by atoms with Crippen LogP contribution in [-0.2, 0) is 22.4 Å². The van der Waals surface area contributed by atoms with Crippen LogP contribution in [0.15, 0.2) is 60.9 Å². The van der Waals surface area contributed by atoms with Crippen LogP contribution in [0, 0.1) is 0 Å². The molecule has 0 fully saturated rings. The molecule has 31 heavy (non-hydrogen) atoms. The molecule has 0 saturated carbocycles. The van der Waals surface area contributed by atoms with Crippen LogP contribution < -0.4 is 9.64 Å². The molecule has 0 spiro atoms. The molecule has 0 amide bonds. The van der Waals surface area contributed by atoms with E-state index < -0.39 is 17.6 Å². The molecule has 0 bridgehead atoms. The average molecular weight is 444 g/mol. The first kappa shape index (κ1) is 21.6. The fraction of sp³-hybridized carbons (Fsp3) is 0.348. The van der Waals surface area contributed by atoms with Gasteiger partial charge in [0.05, 0.1) is 6.54 Å². The molecule has 8 heteroatoms. The molecule has 1 aliphatic heterocycles. The highest BCUT2D eigenvalue weighted by Gasteiger charge is 2.61. The van der Waals surface area contributed by atoms with E-state index in [1.165, 1.54) is 14.2 Å². The summed E-state index contributed by atoms with van der Waals surface area (Å²) in [6, 6.07) is 14.9. The summed E-state index contributed by atoms with van der Waals surface area (Å²) in [6.07, 6.45) is 2.86.